The lowest BCUT2D eigenvalue weighted by Gasteiger charge is -2.11. The Balaban J connectivity index is 2.18. The normalized spacial score (nSPS) is 10.7. The number of benzene rings is 1. The van der Waals surface area contributed by atoms with Crippen LogP contribution < -0.4 is 5.32 Å². The smallest absolute Gasteiger partial charge is 0.0991 e. The molecule has 1 aromatic rings. The summed E-state index contributed by atoms with van der Waals surface area (Å²) in [5.41, 5.74) is 3.10. The average molecular weight is 261 g/mol. The second-order valence-electron chi connectivity index (χ2n) is 4.85. The topological polar surface area (TPSA) is 48.3 Å². The van der Waals surface area contributed by atoms with Crippen LogP contribution >= 0.6 is 0 Å². The van der Waals surface area contributed by atoms with Gasteiger partial charge in [0.25, 0.3) is 0 Å². The van der Waals surface area contributed by atoms with Crippen LogP contribution in [0.15, 0.2) is 18.2 Å². The first-order valence-electron chi connectivity index (χ1n) is 6.56. The van der Waals surface area contributed by atoms with E-state index in [1.807, 2.05) is 39.2 Å². The van der Waals surface area contributed by atoms with Crippen LogP contribution in [0, 0.1) is 18.3 Å². The molecular weight excluding hydrogens is 238 g/mol. The first kappa shape index (κ1) is 15.6. The molecule has 0 saturated heterocycles. The number of nitrogens with one attached hydrogen (secondary N) is 1. The fourth-order valence-electron chi connectivity index (χ4n) is 1.68. The number of aryl methyl sites for hydroxylation is 1. The Morgan fingerprint density at radius 3 is 2.74 bits per heavy atom. The molecule has 1 aromatic carbocycles. The number of nitrogens with zero attached hydrogens (tertiary/aromatic N) is 2. The quantitative estimate of drug-likeness (QED) is 0.721. The second-order valence-corrected chi connectivity index (χ2v) is 4.85. The number of ether oxygens (including phenoxy) is 1. The first-order valence-corrected chi connectivity index (χ1v) is 6.56. The van der Waals surface area contributed by atoms with Crippen molar-refractivity contribution in [3.63, 3.8) is 0 Å². The molecule has 0 fully saturated rings. The molecule has 1 N–H and O–H groups in total. The maximum absolute atomic E-state index is 8.80. The summed E-state index contributed by atoms with van der Waals surface area (Å²) in [7, 11) is 4.07. The van der Waals surface area contributed by atoms with E-state index in [4.69, 9.17) is 10.00 Å². The van der Waals surface area contributed by atoms with Gasteiger partial charge >= 0.3 is 0 Å². The van der Waals surface area contributed by atoms with E-state index in [0.29, 0.717) is 5.56 Å². The highest BCUT2D eigenvalue weighted by Crippen LogP contribution is 2.10. The van der Waals surface area contributed by atoms with Crippen LogP contribution in [-0.4, -0.2) is 45.3 Å². The van der Waals surface area contributed by atoms with Gasteiger partial charge in [-0.3, -0.25) is 0 Å². The molecule has 19 heavy (non-hydrogen) atoms. The highest BCUT2D eigenvalue weighted by Gasteiger charge is 1.99. The summed E-state index contributed by atoms with van der Waals surface area (Å²) < 4.78 is 5.50. The largest absolute Gasteiger partial charge is 0.379 e. The highest BCUT2D eigenvalue weighted by molar-refractivity contribution is 5.37. The molecule has 0 aromatic heterocycles. The lowest BCUT2D eigenvalue weighted by molar-refractivity contribution is 0.119. The lowest BCUT2D eigenvalue weighted by Crippen LogP contribution is -2.23. The Labute approximate surface area is 116 Å². The van der Waals surface area contributed by atoms with Crippen molar-refractivity contribution in [2.45, 2.75) is 13.5 Å². The molecule has 0 amide bonds. The van der Waals surface area contributed by atoms with Crippen LogP contribution in [0.4, 0.5) is 0 Å². The minimum Gasteiger partial charge on any atom is -0.379 e. The third kappa shape index (κ3) is 6.35. The van der Waals surface area contributed by atoms with Gasteiger partial charge in [-0.25, -0.2) is 0 Å². The lowest BCUT2D eigenvalue weighted by atomic mass is 10.1. The molecular formula is C15H23N3O. The standard InChI is InChI=1S/C15H23N3O/c1-13-10-14(11-16)4-5-15(13)12-17-6-8-19-9-7-18(2)3/h4-5,10,17H,6-9,12H2,1-3H3. The minimum absolute atomic E-state index is 0.716. The number of hydrogen-bond acceptors (Lipinski definition) is 4. The summed E-state index contributed by atoms with van der Waals surface area (Å²) in [6, 6.07) is 7.94. The van der Waals surface area contributed by atoms with Crippen LogP contribution in [-0.2, 0) is 11.3 Å². The van der Waals surface area contributed by atoms with E-state index in [0.717, 1.165) is 38.4 Å². The predicted octanol–water partition coefficient (Wildman–Crippen LogP) is 1.53. The summed E-state index contributed by atoms with van der Waals surface area (Å²) in [6.07, 6.45) is 0. The fourth-order valence-corrected chi connectivity index (χ4v) is 1.68. The maximum Gasteiger partial charge on any atom is 0.0991 e. The van der Waals surface area contributed by atoms with Gasteiger partial charge in [0.2, 0.25) is 0 Å². The Kier molecular flexibility index (Phi) is 7.12. The zero-order valence-corrected chi connectivity index (χ0v) is 12.1. The van der Waals surface area contributed by atoms with Crippen molar-refractivity contribution in [3.8, 4) is 6.07 Å². The highest BCUT2D eigenvalue weighted by atomic mass is 16.5. The van der Waals surface area contributed by atoms with Gasteiger partial charge in [-0.1, -0.05) is 6.07 Å². The molecule has 4 heteroatoms. The average Bonchev–Trinajstić information content (AvgIpc) is 2.38. The summed E-state index contributed by atoms with van der Waals surface area (Å²) >= 11 is 0. The SMILES string of the molecule is Cc1cc(C#N)ccc1CNCCOCCN(C)C. The second kappa shape index (κ2) is 8.65. The van der Waals surface area contributed by atoms with Crippen molar-refractivity contribution >= 4 is 0 Å². The molecule has 0 aliphatic rings. The molecule has 0 saturated carbocycles. The van der Waals surface area contributed by atoms with E-state index in [9.17, 15) is 0 Å². The van der Waals surface area contributed by atoms with Crippen molar-refractivity contribution < 1.29 is 4.74 Å². The van der Waals surface area contributed by atoms with Crippen LogP contribution in [0.3, 0.4) is 0 Å². The molecule has 1 rings (SSSR count). The molecule has 0 spiro atoms. The zero-order chi connectivity index (χ0) is 14.1. The molecule has 0 radical (unpaired) electrons. The van der Waals surface area contributed by atoms with Gasteiger partial charge < -0.3 is 15.0 Å². The Morgan fingerprint density at radius 1 is 1.32 bits per heavy atom. The molecule has 104 valence electrons. The van der Waals surface area contributed by atoms with E-state index < -0.39 is 0 Å². The van der Waals surface area contributed by atoms with Crippen LogP contribution in [0.2, 0.25) is 0 Å². The van der Waals surface area contributed by atoms with E-state index in [1.54, 1.807) is 0 Å². The van der Waals surface area contributed by atoms with Crippen LogP contribution in [0.25, 0.3) is 0 Å². The molecule has 0 heterocycles. The van der Waals surface area contributed by atoms with Gasteiger partial charge in [0, 0.05) is 19.6 Å². The van der Waals surface area contributed by atoms with Gasteiger partial charge in [0.15, 0.2) is 0 Å². The number of rotatable bonds is 8. The van der Waals surface area contributed by atoms with Crippen molar-refractivity contribution in [2.24, 2.45) is 0 Å². The molecule has 0 bridgehead atoms. The number of likely N-dealkylation sites (N-methyl/N-ethyl adjacent to an activating group) is 1. The van der Waals surface area contributed by atoms with Crippen LogP contribution in [0.5, 0.6) is 0 Å². The number of hydrogen-bond donors (Lipinski definition) is 1. The predicted molar refractivity (Wildman–Crippen MR) is 77.0 cm³/mol. The zero-order valence-electron chi connectivity index (χ0n) is 12.1. The van der Waals surface area contributed by atoms with Crippen LogP contribution in [0.1, 0.15) is 16.7 Å². The van der Waals surface area contributed by atoms with E-state index in [1.165, 1.54) is 5.56 Å². The van der Waals surface area contributed by atoms with E-state index >= 15 is 0 Å². The van der Waals surface area contributed by atoms with E-state index in [2.05, 4.69) is 16.3 Å². The molecule has 0 aliphatic carbocycles. The summed E-state index contributed by atoms with van der Waals surface area (Å²) in [6.45, 7) is 6.13. The molecule has 0 atom stereocenters. The van der Waals surface area contributed by atoms with Gasteiger partial charge in [0.1, 0.15) is 0 Å². The molecule has 4 nitrogen and oxygen atoms in total. The Hall–Kier alpha value is -1.41. The Morgan fingerprint density at radius 2 is 2.11 bits per heavy atom. The molecule has 0 unspecified atom stereocenters. The first-order chi connectivity index (χ1) is 9.13. The van der Waals surface area contributed by atoms with E-state index in [-0.39, 0.29) is 0 Å². The summed E-state index contributed by atoms with van der Waals surface area (Å²) in [5, 5.41) is 12.1. The van der Waals surface area contributed by atoms with Crippen molar-refractivity contribution in [3.05, 3.63) is 34.9 Å². The van der Waals surface area contributed by atoms with Crippen molar-refractivity contribution in [1.82, 2.24) is 10.2 Å². The summed E-state index contributed by atoms with van der Waals surface area (Å²) in [4.78, 5) is 2.10. The van der Waals surface area contributed by atoms with Gasteiger partial charge in [-0.15, -0.1) is 0 Å². The monoisotopic (exact) mass is 261 g/mol. The maximum atomic E-state index is 8.80. The minimum atomic E-state index is 0.716. The summed E-state index contributed by atoms with van der Waals surface area (Å²) in [5.74, 6) is 0. The van der Waals surface area contributed by atoms with Gasteiger partial charge in [-0.2, -0.15) is 5.26 Å². The third-order valence-corrected chi connectivity index (χ3v) is 2.89. The third-order valence-electron chi connectivity index (χ3n) is 2.89. The van der Waals surface area contributed by atoms with Gasteiger partial charge in [-0.05, 0) is 44.3 Å². The number of nitriles is 1. The molecule has 0 aliphatic heterocycles. The van der Waals surface area contributed by atoms with Gasteiger partial charge in [0.05, 0.1) is 24.8 Å². The van der Waals surface area contributed by atoms with Crippen molar-refractivity contribution in [1.29, 1.82) is 5.26 Å². The van der Waals surface area contributed by atoms with Crippen molar-refractivity contribution in [2.75, 3.05) is 40.4 Å². The fraction of sp³-hybridized carbons (Fsp3) is 0.533. The Bertz CT molecular complexity index is 424.